The van der Waals surface area contributed by atoms with E-state index < -0.39 is 17.8 Å². The molecule has 0 saturated heterocycles. The maximum absolute atomic E-state index is 11.5. The third-order valence-corrected chi connectivity index (χ3v) is 2.41. The van der Waals surface area contributed by atoms with E-state index >= 15 is 0 Å². The van der Waals surface area contributed by atoms with Crippen LogP contribution in [0.5, 0.6) is 0 Å². The zero-order valence-electron chi connectivity index (χ0n) is 9.78. The van der Waals surface area contributed by atoms with Crippen LogP contribution in [-0.2, 0) is 9.59 Å². The van der Waals surface area contributed by atoms with Gasteiger partial charge in [0.2, 0.25) is 5.91 Å². The van der Waals surface area contributed by atoms with Crippen molar-refractivity contribution in [3.05, 3.63) is 0 Å². The Balaban J connectivity index is 3.94. The summed E-state index contributed by atoms with van der Waals surface area (Å²) in [6, 6.07) is 0. The molecule has 0 aliphatic rings. The molecule has 2 unspecified atom stereocenters. The van der Waals surface area contributed by atoms with Gasteiger partial charge >= 0.3 is 5.97 Å². The maximum atomic E-state index is 11.5. The van der Waals surface area contributed by atoms with Gasteiger partial charge in [0, 0.05) is 19.0 Å². The fourth-order valence-electron chi connectivity index (χ4n) is 1.00. The van der Waals surface area contributed by atoms with Gasteiger partial charge in [0.15, 0.2) is 0 Å². The molecule has 0 aliphatic carbocycles. The van der Waals surface area contributed by atoms with Crippen LogP contribution < -0.4 is 5.32 Å². The first-order chi connectivity index (χ1) is 6.86. The summed E-state index contributed by atoms with van der Waals surface area (Å²) in [7, 11) is 3.82. The van der Waals surface area contributed by atoms with Crippen molar-refractivity contribution in [3.8, 4) is 0 Å². The van der Waals surface area contributed by atoms with Crippen LogP contribution in [0.2, 0.25) is 0 Å². The van der Waals surface area contributed by atoms with E-state index in [2.05, 4.69) is 5.32 Å². The van der Waals surface area contributed by atoms with Crippen molar-refractivity contribution >= 4 is 11.9 Å². The molecule has 0 aliphatic heterocycles. The molecule has 0 spiro atoms. The Morgan fingerprint density at radius 1 is 1.27 bits per heavy atom. The van der Waals surface area contributed by atoms with E-state index in [0.717, 1.165) is 6.54 Å². The lowest BCUT2D eigenvalue weighted by Crippen LogP contribution is -2.38. The zero-order chi connectivity index (χ0) is 12.0. The highest BCUT2D eigenvalue weighted by Gasteiger charge is 2.25. The van der Waals surface area contributed by atoms with Crippen LogP contribution in [0, 0.1) is 11.8 Å². The molecule has 0 saturated carbocycles. The first-order valence-corrected chi connectivity index (χ1v) is 5.01. The maximum Gasteiger partial charge on any atom is 0.307 e. The number of carbonyl (C=O) groups excluding carboxylic acids is 1. The number of rotatable bonds is 6. The number of hydrogen-bond donors (Lipinski definition) is 2. The molecule has 0 rings (SSSR count). The van der Waals surface area contributed by atoms with Crippen molar-refractivity contribution in [2.75, 3.05) is 27.2 Å². The number of nitrogens with zero attached hydrogens (tertiary/aromatic N) is 1. The molecule has 5 heteroatoms. The Morgan fingerprint density at radius 3 is 2.20 bits per heavy atom. The second-order valence-corrected chi connectivity index (χ2v) is 4.01. The minimum atomic E-state index is -0.940. The van der Waals surface area contributed by atoms with Crippen molar-refractivity contribution in [2.45, 2.75) is 13.8 Å². The molecule has 0 aromatic carbocycles. The molecular formula is C10H20N2O3. The summed E-state index contributed by atoms with van der Waals surface area (Å²) in [5.74, 6) is -2.29. The predicted octanol–water partition coefficient (Wildman–Crippen LogP) is 0.0210. The molecule has 88 valence electrons. The molecule has 15 heavy (non-hydrogen) atoms. The average molecular weight is 216 g/mol. The van der Waals surface area contributed by atoms with Crippen LogP contribution >= 0.6 is 0 Å². The normalized spacial score (nSPS) is 14.7. The van der Waals surface area contributed by atoms with Gasteiger partial charge in [0.25, 0.3) is 0 Å². The number of likely N-dealkylation sites (N-methyl/N-ethyl adjacent to an activating group) is 1. The average Bonchev–Trinajstić information content (AvgIpc) is 2.14. The zero-order valence-corrected chi connectivity index (χ0v) is 9.78. The van der Waals surface area contributed by atoms with Crippen molar-refractivity contribution in [2.24, 2.45) is 11.8 Å². The van der Waals surface area contributed by atoms with Crippen LogP contribution in [-0.4, -0.2) is 49.1 Å². The van der Waals surface area contributed by atoms with Gasteiger partial charge in [-0.05, 0) is 14.1 Å². The molecule has 0 heterocycles. The molecule has 5 nitrogen and oxygen atoms in total. The van der Waals surface area contributed by atoms with E-state index in [1.165, 1.54) is 0 Å². The fraction of sp³-hybridized carbons (Fsp3) is 0.800. The summed E-state index contributed by atoms with van der Waals surface area (Å²) in [4.78, 5) is 24.1. The fourth-order valence-corrected chi connectivity index (χ4v) is 1.00. The lowest BCUT2D eigenvalue weighted by atomic mass is 9.95. The summed E-state index contributed by atoms with van der Waals surface area (Å²) >= 11 is 0. The third kappa shape index (κ3) is 5.37. The Kier molecular flexibility index (Phi) is 5.93. The number of aliphatic carboxylic acids is 1. The van der Waals surface area contributed by atoms with Gasteiger partial charge in [-0.25, -0.2) is 0 Å². The van der Waals surface area contributed by atoms with Gasteiger partial charge in [-0.2, -0.15) is 0 Å². The molecule has 0 bridgehead atoms. The van der Waals surface area contributed by atoms with Gasteiger partial charge in [-0.3, -0.25) is 9.59 Å². The second kappa shape index (κ2) is 6.40. The highest BCUT2D eigenvalue weighted by Crippen LogP contribution is 2.10. The summed E-state index contributed by atoms with van der Waals surface area (Å²) in [5.41, 5.74) is 0. The quantitative estimate of drug-likeness (QED) is 0.657. The smallest absolute Gasteiger partial charge is 0.307 e. The molecule has 2 atom stereocenters. The highest BCUT2D eigenvalue weighted by molar-refractivity contribution is 5.84. The molecule has 0 aromatic rings. The topological polar surface area (TPSA) is 69.6 Å². The van der Waals surface area contributed by atoms with Crippen molar-refractivity contribution in [3.63, 3.8) is 0 Å². The van der Waals surface area contributed by atoms with E-state index in [-0.39, 0.29) is 5.91 Å². The lowest BCUT2D eigenvalue weighted by Gasteiger charge is -2.16. The molecule has 1 amide bonds. The van der Waals surface area contributed by atoms with Crippen molar-refractivity contribution in [1.82, 2.24) is 10.2 Å². The Morgan fingerprint density at radius 2 is 1.80 bits per heavy atom. The summed E-state index contributed by atoms with van der Waals surface area (Å²) in [6.45, 7) is 4.46. The summed E-state index contributed by atoms with van der Waals surface area (Å²) < 4.78 is 0. The Bertz CT molecular complexity index is 229. The highest BCUT2D eigenvalue weighted by atomic mass is 16.4. The SMILES string of the molecule is CC(C(=O)O)C(C)C(=O)NCCN(C)C. The van der Waals surface area contributed by atoms with Gasteiger partial charge in [-0.15, -0.1) is 0 Å². The van der Waals surface area contributed by atoms with E-state index in [1.54, 1.807) is 13.8 Å². The second-order valence-electron chi connectivity index (χ2n) is 4.01. The number of nitrogens with one attached hydrogen (secondary N) is 1. The standard InChI is InChI=1S/C10H20N2O3/c1-7(8(2)10(14)15)9(13)11-5-6-12(3)4/h7-8H,5-6H2,1-4H3,(H,11,13)(H,14,15). The van der Waals surface area contributed by atoms with E-state index in [1.807, 2.05) is 19.0 Å². The van der Waals surface area contributed by atoms with Crippen LogP contribution in [0.15, 0.2) is 0 Å². The summed E-state index contributed by atoms with van der Waals surface area (Å²) in [5, 5.41) is 11.4. The molecule has 0 fully saturated rings. The van der Waals surface area contributed by atoms with E-state index in [0.29, 0.717) is 6.54 Å². The van der Waals surface area contributed by atoms with Crippen LogP contribution in [0.4, 0.5) is 0 Å². The molecule has 0 aromatic heterocycles. The first kappa shape index (κ1) is 13.9. The first-order valence-electron chi connectivity index (χ1n) is 5.01. The number of carboxylic acids is 1. The van der Waals surface area contributed by atoms with Crippen LogP contribution in [0.25, 0.3) is 0 Å². The monoisotopic (exact) mass is 216 g/mol. The van der Waals surface area contributed by atoms with Crippen LogP contribution in [0.1, 0.15) is 13.8 Å². The minimum Gasteiger partial charge on any atom is -0.481 e. The van der Waals surface area contributed by atoms with Crippen LogP contribution in [0.3, 0.4) is 0 Å². The minimum absolute atomic E-state index is 0.202. The van der Waals surface area contributed by atoms with Crippen molar-refractivity contribution in [1.29, 1.82) is 0 Å². The Hall–Kier alpha value is -1.10. The van der Waals surface area contributed by atoms with E-state index in [9.17, 15) is 9.59 Å². The van der Waals surface area contributed by atoms with Crippen molar-refractivity contribution < 1.29 is 14.7 Å². The molecule has 0 radical (unpaired) electrons. The Labute approximate surface area is 90.5 Å². The number of amides is 1. The van der Waals surface area contributed by atoms with Gasteiger partial charge in [0.05, 0.1) is 5.92 Å². The lowest BCUT2D eigenvalue weighted by molar-refractivity contribution is -0.146. The number of carboxylic acid groups (broad SMARTS) is 1. The third-order valence-electron chi connectivity index (χ3n) is 2.41. The van der Waals surface area contributed by atoms with Gasteiger partial charge in [0.1, 0.15) is 0 Å². The van der Waals surface area contributed by atoms with E-state index in [4.69, 9.17) is 5.11 Å². The van der Waals surface area contributed by atoms with Gasteiger partial charge in [-0.1, -0.05) is 13.8 Å². The summed E-state index contributed by atoms with van der Waals surface area (Å²) in [6.07, 6.45) is 0. The van der Waals surface area contributed by atoms with Gasteiger partial charge < -0.3 is 15.3 Å². The molecular weight excluding hydrogens is 196 g/mol. The molecule has 2 N–H and O–H groups in total. The largest absolute Gasteiger partial charge is 0.481 e. The number of hydrogen-bond acceptors (Lipinski definition) is 3. The predicted molar refractivity (Wildman–Crippen MR) is 57.5 cm³/mol. The number of carbonyl (C=O) groups is 2.